The second kappa shape index (κ2) is 7.37. The molecule has 2 aromatic heterocycles. The zero-order valence-electron chi connectivity index (χ0n) is 14.5. The van der Waals surface area contributed by atoms with Crippen LogP contribution in [0.15, 0.2) is 42.6 Å². The maximum absolute atomic E-state index is 12.7. The van der Waals surface area contributed by atoms with Gasteiger partial charge in [-0.3, -0.25) is 4.98 Å². The van der Waals surface area contributed by atoms with Crippen LogP contribution in [0.3, 0.4) is 0 Å². The molecule has 3 aromatic rings. The summed E-state index contributed by atoms with van der Waals surface area (Å²) >= 11 is 6.31. The van der Waals surface area contributed by atoms with Gasteiger partial charge in [-0.2, -0.15) is 13.2 Å². The van der Waals surface area contributed by atoms with Crippen LogP contribution in [0.5, 0.6) is 0 Å². The summed E-state index contributed by atoms with van der Waals surface area (Å²) in [4.78, 5) is 13.4. The monoisotopic (exact) mass is 405 g/mol. The minimum absolute atomic E-state index is 0.277. The Morgan fingerprint density at radius 3 is 2.54 bits per heavy atom. The zero-order valence-corrected chi connectivity index (χ0v) is 15.3. The smallest absolute Gasteiger partial charge is 0.324 e. The van der Waals surface area contributed by atoms with E-state index in [2.05, 4.69) is 25.6 Å². The third-order valence-corrected chi connectivity index (χ3v) is 4.69. The lowest BCUT2D eigenvalue weighted by molar-refractivity contribution is -0.137. The molecule has 0 fully saturated rings. The van der Waals surface area contributed by atoms with Gasteiger partial charge in [-0.15, -0.1) is 0 Å². The summed E-state index contributed by atoms with van der Waals surface area (Å²) in [6.45, 7) is 1.36. The molecule has 1 aromatic carbocycles. The summed E-state index contributed by atoms with van der Waals surface area (Å²) in [6.07, 6.45) is -2.01. The van der Waals surface area contributed by atoms with Gasteiger partial charge in [-0.1, -0.05) is 11.6 Å². The number of alkyl halides is 3. The summed E-state index contributed by atoms with van der Waals surface area (Å²) < 4.78 is 38.2. The Kier molecular flexibility index (Phi) is 4.91. The van der Waals surface area contributed by atoms with Gasteiger partial charge in [0, 0.05) is 24.0 Å². The Balaban J connectivity index is 1.72. The van der Waals surface area contributed by atoms with Crippen LogP contribution in [0, 0.1) is 0 Å². The van der Waals surface area contributed by atoms with E-state index in [1.165, 1.54) is 12.1 Å². The second-order valence-corrected chi connectivity index (χ2v) is 6.69. The average Bonchev–Trinajstić information content (AvgIpc) is 2.67. The fourth-order valence-electron chi connectivity index (χ4n) is 3.04. The molecule has 1 aliphatic rings. The van der Waals surface area contributed by atoms with Crippen molar-refractivity contribution < 1.29 is 13.2 Å². The number of hydrogen-bond acceptors (Lipinski definition) is 5. The summed E-state index contributed by atoms with van der Waals surface area (Å²) in [5, 5.41) is 6.70. The van der Waals surface area contributed by atoms with E-state index in [1.54, 1.807) is 18.3 Å². The van der Waals surface area contributed by atoms with Crippen LogP contribution >= 0.6 is 11.6 Å². The van der Waals surface area contributed by atoms with Crippen molar-refractivity contribution in [3.63, 3.8) is 0 Å². The molecule has 0 aliphatic carbocycles. The maximum atomic E-state index is 12.7. The number of rotatable bonds is 3. The molecule has 28 heavy (non-hydrogen) atoms. The number of anilines is 2. The first-order valence-corrected chi connectivity index (χ1v) is 8.95. The molecular formula is C19H15ClF3N5. The highest BCUT2D eigenvalue weighted by atomic mass is 35.5. The number of hydrogen-bond donors (Lipinski definition) is 2. The highest BCUT2D eigenvalue weighted by molar-refractivity contribution is 6.33. The quantitative estimate of drug-likeness (QED) is 0.666. The fraction of sp³-hybridized carbons (Fsp3) is 0.211. The molecule has 3 heterocycles. The van der Waals surface area contributed by atoms with Crippen molar-refractivity contribution in [2.45, 2.75) is 19.1 Å². The number of nitrogens with zero attached hydrogens (tertiary/aromatic N) is 3. The normalized spacial score (nSPS) is 13.9. The standard InChI is InChI=1S/C19H15ClF3N5/c20-14-2-1-8-25-17(14)16-13-7-9-24-10-15(13)27-18(28-16)26-12-5-3-11(4-6-12)19(21,22)23/h1-6,8,24H,7,9-10H2,(H,26,27,28). The summed E-state index contributed by atoms with van der Waals surface area (Å²) in [7, 11) is 0. The van der Waals surface area contributed by atoms with Gasteiger partial charge in [-0.25, -0.2) is 9.97 Å². The largest absolute Gasteiger partial charge is 0.416 e. The molecule has 0 unspecified atom stereocenters. The van der Waals surface area contributed by atoms with Gasteiger partial charge >= 0.3 is 6.18 Å². The molecule has 0 bridgehead atoms. The molecule has 0 radical (unpaired) electrons. The lowest BCUT2D eigenvalue weighted by Crippen LogP contribution is -2.26. The number of benzene rings is 1. The Morgan fingerprint density at radius 2 is 1.82 bits per heavy atom. The Bertz CT molecular complexity index is 1010. The molecule has 0 saturated heterocycles. The number of aromatic nitrogens is 3. The average molecular weight is 406 g/mol. The lowest BCUT2D eigenvalue weighted by Gasteiger charge is -2.20. The summed E-state index contributed by atoms with van der Waals surface area (Å²) in [5.74, 6) is 0.277. The first-order chi connectivity index (χ1) is 13.4. The van der Waals surface area contributed by atoms with Crippen LogP contribution in [-0.2, 0) is 19.1 Å². The third-order valence-electron chi connectivity index (χ3n) is 4.39. The van der Waals surface area contributed by atoms with Crippen molar-refractivity contribution >= 4 is 23.2 Å². The van der Waals surface area contributed by atoms with E-state index in [1.807, 2.05) is 0 Å². The number of pyridine rings is 1. The molecule has 0 amide bonds. The van der Waals surface area contributed by atoms with E-state index in [0.717, 1.165) is 36.4 Å². The SMILES string of the molecule is FC(F)(F)c1ccc(Nc2nc3c(c(-c4ncccc4Cl)n2)CCNC3)cc1. The van der Waals surface area contributed by atoms with Crippen LogP contribution in [0.2, 0.25) is 5.02 Å². The third kappa shape index (κ3) is 3.79. The fourth-order valence-corrected chi connectivity index (χ4v) is 3.25. The van der Waals surface area contributed by atoms with Gasteiger partial charge in [0.05, 0.1) is 22.0 Å². The van der Waals surface area contributed by atoms with Crippen molar-refractivity contribution in [1.29, 1.82) is 0 Å². The zero-order chi connectivity index (χ0) is 19.7. The second-order valence-electron chi connectivity index (χ2n) is 6.28. The van der Waals surface area contributed by atoms with Crippen LogP contribution in [-0.4, -0.2) is 21.5 Å². The highest BCUT2D eigenvalue weighted by Crippen LogP contribution is 2.32. The van der Waals surface area contributed by atoms with Gasteiger partial charge in [-0.05, 0) is 49.4 Å². The summed E-state index contributed by atoms with van der Waals surface area (Å²) in [5.41, 5.74) is 2.71. The predicted octanol–water partition coefficient (Wildman–Crippen LogP) is 4.60. The molecule has 0 atom stereocenters. The van der Waals surface area contributed by atoms with E-state index in [4.69, 9.17) is 11.6 Å². The number of nitrogens with one attached hydrogen (secondary N) is 2. The Hall–Kier alpha value is -2.71. The van der Waals surface area contributed by atoms with E-state index in [-0.39, 0.29) is 5.95 Å². The molecule has 0 spiro atoms. The Labute approximate surface area is 164 Å². The van der Waals surface area contributed by atoms with Crippen molar-refractivity contribution in [3.05, 3.63) is 64.4 Å². The van der Waals surface area contributed by atoms with E-state index >= 15 is 0 Å². The van der Waals surface area contributed by atoms with Gasteiger partial charge in [0.15, 0.2) is 0 Å². The Morgan fingerprint density at radius 1 is 1.04 bits per heavy atom. The predicted molar refractivity (Wildman–Crippen MR) is 100 cm³/mol. The van der Waals surface area contributed by atoms with Crippen molar-refractivity contribution in [3.8, 4) is 11.4 Å². The van der Waals surface area contributed by atoms with Crippen molar-refractivity contribution in [2.75, 3.05) is 11.9 Å². The van der Waals surface area contributed by atoms with Crippen molar-refractivity contribution in [1.82, 2.24) is 20.3 Å². The van der Waals surface area contributed by atoms with Crippen LogP contribution in [0.1, 0.15) is 16.8 Å². The van der Waals surface area contributed by atoms with Crippen molar-refractivity contribution in [2.24, 2.45) is 0 Å². The minimum atomic E-state index is -4.38. The molecule has 1 aliphatic heterocycles. The first kappa shape index (κ1) is 18.6. The lowest BCUT2D eigenvalue weighted by atomic mass is 10.0. The van der Waals surface area contributed by atoms with Gasteiger partial charge in [0.1, 0.15) is 5.69 Å². The topological polar surface area (TPSA) is 62.7 Å². The van der Waals surface area contributed by atoms with Crippen LogP contribution in [0.4, 0.5) is 24.8 Å². The molecule has 2 N–H and O–H groups in total. The maximum Gasteiger partial charge on any atom is 0.416 e. The van der Waals surface area contributed by atoms with E-state index < -0.39 is 11.7 Å². The van der Waals surface area contributed by atoms with E-state index in [9.17, 15) is 13.2 Å². The van der Waals surface area contributed by atoms with Gasteiger partial charge in [0.2, 0.25) is 5.95 Å². The van der Waals surface area contributed by atoms with Crippen LogP contribution < -0.4 is 10.6 Å². The molecule has 0 saturated carbocycles. The van der Waals surface area contributed by atoms with Gasteiger partial charge in [0.25, 0.3) is 0 Å². The van der Waals surface area contributed by atoms with Crippen LogP contribution in [0.25, 0.3) is 11.4 Å². The molecule has 144 valence electrons. The molecule has 4 rings (SSSR count). The summed E-state index contributed by atoms with van der Waals surface area (Å²) in [6, 6.07) is 8.19. The van der Waals surface area contributed by atoms with Gasteiger partial charge < -0.3 is 10.6 Å². The number of halogens is 4. The van der Waals surface area contributed by atoms with E-state index in [0.29, 0.717) is 28.6 Å². The molecular weight excluding hydrogens is 391 g/mol. The molecule has 5 nitrogen and oxygen atoms in total. The highest BCUT2D eigenvalue weighted by Gasteiger charge is 2.30. The molecule has 9 heteroatoms. The minimum Gasteiger partial charge on any atom is -0.324 e. The first-order valence-electron chi connectivity index (χ1n) is 8.57. The number of fused-ring (bicyclic) bond motifs is 1.